The Hall–Kier alpha value is -4.87. The van der Waals surface area contributed by atoms with Crippen LogP contribution in [-0.4, -0.2) is 5.87 Å². The Kier molecular flexibility index (Phi) is 7.88. The van der Waals surface area contributed by atoms with Crippen LogP contribution >= 0.6 is 0 Å². The first-order chi connectivity index (χ1) is 20.1. The van der Waals surface area contributed by atoms with Gasteiger partial charge in [-0.05, 0) is 58.0 Å². The van der Waals surface area contributed by atoms with Gasteiger partial charge in [0.1, 0.15) is 5.54 Å². The van der Waals surface area contributed by atoms with E-state index >= 15 is 0 Å². The lowest BCUT2D eigenvalue weighted by atomic mass is 9.77. The fourth-order valence-corrected chi connectivity index (χ4v) is 4.82. The van der Waals surface area contributed by atoms with Crippen molar-refractivity contribution >= 4 is 11.4 Å². The first-order valence-electron chi connectivity index (χ1n) is 13.0. The molecule has 0 heterocycles. The molecule has 0 aliphatic carbocycles. The van der Waals surface area contributed by atoms with Crippen molar-refractivity contribution in [1.82, 2.24) is 0 Å². The molecular formula is C35H23F6N. The normalized spacial score (nSPS) is 12.0. The Morgan fingerprint density at radius 2 is 0.714 bits per heavy atom. The van der Waals surface area contributed by atoms with Crippen molar-refractivity contribution in [1.29, 1.82) is 0 Å². The molecule has 0 saturated carbocycles. The zero-order valence-electron chi connectivity index (χ0n) is 22.0. The zero-order chi connectivity index (χ0) is 29.8. The SMILES string of the molecule is FC(F)(F)c1ccc(C(=C=NC(c2ccccc2)(c2ccccc2)c2ccccc2)c2ccc(C(F)(F)F)cc2)cc1. The van der Waals surface area contributed by atoms with E-state index in [-0.39, 0.29) is 5.57 Å². The van der Waals surface area contributed by atoms with Crippen molar-refractivity contribution in [2.24, 2.45) is 4.99 Å². The summed E-state index contributed by atoms with van der Waals surface area (Å²) in [5.74, 6) is 3.08. The van der Waals surface area contributed by atoms with E-state index in [2.05, 4.69) is 5.87 Å². The third kappa shape index (κ3) is 5.92. The average Bonchev–Trinajstić information content (AvgIpc) is 3.00. The maximum Gasteiger partial charge on any atom is 0.416 e. The van der Waals surface area contributed by atoms with Gasteiger partial charge in [-0.2, -0.15) is 26.3 Å². The molecule has 0 saturated heterocycles. The number of alkyl halides is 6. The molecule has 210 valence electrons. The highest BCUT2D eigenvalue weighted by atomic mass is 19.4. The van der Waals surface area contributed by atoms with Crippen LogP contribution in [0.15, 0.2) is 145 Å². The van der Waals surface area contributed by atoms with Gasteiger partial charge < -0.3 is 0 Å². The summed E-state index contributed by atoms with van der Waals surface area (Å²) in [6, 6.07) is 37.2. The average molecular weight is 572 g/mol. The molecule has 0 atom stereocenters. The summed E-state index contributed by atoms with van der Waals surface area (Å²) < 4.78 is 79.9. The van der Waals surface area contributed by atoms with Gasteiger partial charge in [-0.1, -0.05) is 115 Å². The molecule has 5 rings (SSSR count). The van der Waals surface area contributed by atoms with E-state index in [1.54, 1.807) is 0 Å². The van der Waals surface area contributed by atoms with Gasteiger partial charge in [-0.25, -0.2) is 4.99 Å². The molecule has 0 aliphatic heterocycles. The molecule has 7 heteroatoms. The van der Waals surface area contributed by atoms with E-state index in [4.69, 9.17) is 4.99 Å². The van der Waals surface area contributed by atoms with Crippen molar-refractivity contribution in [3.05, 3.63) is 178 Å². The van der Waals surface area contributed by atoms with Crippen LogP contribution in [-0.2, 0) is 17.9 Å². The topological polar surface area (TPSA) is 12.4 Å². The van der Waals surface area contributed by atoms with Gasteiger partial charge in [-0.3, -0.25) is 0 Å². The van der Waals surface area contributed by atoms with Gasteiger partial charge in [-0.15, -0.1) is 0 Å². The van der Waals surface area contributed by atoms with E-state index in [0.29, 0.717) is 11.1 Å². The van der Waals surface area contributed by atoms with Crippen molar-refractivity contribution in [3.8, 4) is 0 Å². The summed E-state index contributed by atoms with van der Waals surface area (Å²) in [5.41, 5.74) is 0.447. The number of rotatable bonds is 6. The summed E-state index contributed by atoms with van der Waals surface area (Å²) in [6.45, 7) is 0. The molecule has 0 N–H and O–H groups in total. The highest BCUT2D eigenvalue weighted by Crippen LogP contribution is 2.41. The third-order valence-electron chi connectivity index (χ3n) is 6.91. The molecule has 0 amide bonds. The molecule has 0 radical (unpaired) electrons. The lowest BCUT2D eigenvalue weighted by molar-refractivity contribution is -0.138. The minimum atomic E-state index is -4.55. The van der Waals surface area contributed by atoms with Crippen molar-refractivity contribution in [2.75, 3.05) is 0 Å². The van der Waals surface area contributed by atoms with Gasteiger partial charge >= 0.3 is 12.4 Å². The maximum absolute atomic E-state index is 13.3. The second-order valence-electron chi connectivity index (χ2n) is 9.56. The molecule has 5 aromatic carbocycles. The Bertz CT molecular complexity index is 1530. The van der Waals surface area contributed by atoms with Crippen LogP contribution in [0.1, 0.15) is 38.9 Å². The van der Waals surface area contributed by atoms with Crippen LogP contribution in [0.3, 0.4) is 0 Å². The third-order valence-corrected chi connectivity index (χ3v) is 6.91. The fraction of sp³-hybridized carbons (Fsp3) is 0.0857. The molecule has 0 unspecified atom stereocenters. The first-order valence-corrected chi connectivity index (χ1v) is 13.0. The Balaban J connectivity index is 1.82. The Labute approximate surface area is 239 Å². The number of hydrogen-bond acceptors (Lipinski definition) is 1. The quantitative estimate of drug-likeness (QED) is 0.109. The monoisotopic (exact) mass is 571 g/mol. The molecule has 0 aromatic heterocycles. The molecule has 42 heavy (non-hydrogen) atoms. The highest BCUT2D eigenvalue weighted by molar-refractivity contribution is 5.99. The lowest BCUT2D eigenvalue weighted by Gasteiger charge is -2.31. The molecule has 1 nitrogen and oxygen atoms in total. The molecule has 0 aliphatic rings. The van der Waals surface area contributed by atoms with E-state index < -0.39 is 29.0 Å². The van der Waals surface area contributed by atoms with E-state index in [9.17, 15) is 26.3 Å². The predicted molar refractivity (Wildman–Crippen MR) is 152 cm³/mol. The Morgan fingerprint density at radius 3 is 1.00 bits per heavy atom. The molecule has 0 spiro atoms. The summed E-state index contributed by atoms with van der Waals surface area (Å²) in [5, 5.41) is 0. The van der Waals surface area contributed by atoms with Crippen molar-refractivity contribution in [3.63, 3.8) is 0 Å². The molecule has 0 fully saturated rings. The Morgan fingerprint density at radius 1 is 0.405 bits per heavy atom. The minimum absolute atomic E-state index is 0.240. The van der Waals surface area contributed by atoms with Gasteiger partial charge in [0.05, 0.1) is 16.7 Å². The van der Waals surface area contributed by atoms with Crippen molar-refractivity contribution < 1.29 is 26.3 Å². The van der Waals surface area contributed by atoms with Crippen LogP contribution in [0, 0.1) is 0 Å². The second kappa shape index (κ2) is 11.6. The standard InChI is InChI=1S/C35H23F6N/c36-34(37,38)30-20-16-25(17-21-30)32(26-18-22-31(23-19-26)35(39,40)41)24-42-33(27-10-4-1-5-11-27,28-12-6-2-7-13-28)29-14-8-3-9-15-29/h1-23H. The number of benzene rings is 5. The van der Waals surface area contributed by atoms with Gasteiger partial charge in [0.15, 0.2) is 0 Å². The summed E-state index contributed by atoms with van der Waals surface area (Å²) in [7, 11) is 0. The van der Waals surface area contributed by atoms with E-state index in [1.807, 2.05) is 91.0 Å². The number of aliphatic imine (C=N–C) groups is 1. The molecule has 5 aromatic rings. The van der Waals surface area contributed by atoms with E-state index in [1.165, 1.54) is 24.3 Å². The zero-order valence-corrected chi connectivity index (χ0v) is 22.0. The van der Waals surface area contributed by atoms with Crippen LogP contribution in [0.25, 0.3) is 5.57 Å². The summed E-state index contributed by atoms with van der Waals surface area (Å²) in [6.07, 6.45) is -9.10. The number of halogens is 6. The minimum Gasteiger partial charge on any atom is -0.221 e. The molecule has 0 bridgehead atoms. The van der Waals surface area contributed by atoms with Gasteiger partial charge in [0, 0.05) is 0 Å². The molecular weight excluding hydrogens is 548 g/mol. The van der Waals surface area contributed by atoms with Gasteiger partial charge in [0.2, 0.25) is 0 Å². The number of hydrogen-bond donors (Lipinski definition) is 0. The van der Waals surface area contributed by atoms with Gasteiger partial charge in [0.25, 0.3) is 0 Å². The number of nitrogens with zero attached hydrogens (tertiary/aromatic N) is 1. The van der Waals surface area contributed by atoms with Crippen molar-refractivity contribution in [2.45, 2.75) is 17.9 Å². The maximum atomic E-state index is 13.3. The highest BCUT2D eigenvalue weighted by Gasteiger charge is 2.36. The van der Waals surface area contributed by atoms with Crippen LogP contribution in [0.2, 0.25) is 0 Å². The van der Waals surface area contributed by atoms with E-state index in [0.717, 1.165) is 41.0 Å². The van der Waals surface area contributed by atoms with Crippen LogP contribution < -0.4 is 0 Å². The van der Waals surface area contributed by atoms with Crippen LogP contribution in [0.4, 0.5) is 26.3 Å². The summed E-state index contributed by atoms with van der Waals surface area (Å²) >= 11 is 0. The lowest BCUT2D eigenvalue weighted by Crippen LogP contribution is -2.27. The van der Waals surface area contributed by atoms with Crippen LogP contribution in [0.5, 0.6) is 0 Å². The first kappa shape index (κ1) is 28.7. The predicted octanol–water partition coefficient (Wildman–Crippen LogP) is 9.82. The second-order valence-corrected chi connectivity index (χ2v) is 9.56. The smallest absolute Gasteiger partial charge is 0.221 e. The summed E-state index contributed by atoms with van der Waals surface area (Å²) in [4.78, 5) is 5.03. The largest absolute Gasteiger partial charge is 0.416 e. The fourth-order valence-electron chi connectivity index (χ4n) is 4.82.